The van der Waals surface area contributed by atoms with Gasteiger partial charge in [0.2, 0.25) is 0 Å². The minimum Gasteiger partial charge on any atom is -0.396 e. The summed E-state index contributed by atoms with van der Waals surface area (Å²) in [5, 5.41) is 9.04. The predicted octanol–water partition coefficient (Wildman–Crippen LogP) is 0.844. The molecule has 1 amide bonds. The number of aromatic nitrogens is 1. The molecule has 4 heteroatoms. The molecule has 1 fully saturated rings. The number of pyridine rings is 1. The number of aliphatic hydroxyl groups is 1. The van der Waals surface area contributed by atoms with Crippen molar-refractivity contribution in [1.29, 1.82) is 0 Å². The third-order valence-corrected chi connectivity index (χ3v) is 3.08. The van der Waals surface area contributed by atoms with Gasteiger partial charge in [-0.05, 0) is 25.0 Å². The van der Waals surface area contributed by atoms with Gasteiger partial charge in [-0.3, -0.25) is 9.78 Å². The normalized spacial score (nSPS) is 20.1. The summed E-state index contributed by atoms with van der Waals surface area (Å²) in [5.41, 5.74) is 1.62. The summed E-state index contributed by atoms with van der Waals surface area (Å²) in [6.07, 6.45) is 4.24. The van der Waals surface area contributed by atoms with Gasteiger partial charge in [0, 0.05) is 43.6 Å². The molecular weight excluding hydrogens is 204 g/mol. The van der Waals surface area contributed by atoms with Gasteiger partial charge in [0.25, 0.3) is 5.91 Å². The third-order valence-electron chi connectivity index (χ3n) is 3.08. The fourth-order valence-corrected chi connectivity index (χ4v) is 2.05. The van der Waals surface area contributed by atoms with Crippen LogP contribution in [-0.2, 0) is 0 Å². The number of nitrogens with zero attached hydrogens (tertiary/aromatic N) is 2. The number of hydrogen-bond acceptors (Lipinski definition) is 3. The lowest BCUT2D eigenvalue weighted by atomic mass is 10.1. The highest BCUT2D eigenvalue weighted by Crippen LogP contribution is 2.19. The Morgan fingerprint density at radius 1 is 1.69 bits per heavy atom. The monoisotopic (exact) mass is 220 g/mol. The van der Waals surface area contributed by atoms with Gasteiger partial charge in [-0.1, -0.05) is 0 Å². The number of hydrogen-bond donors (Lipinski definition) is 1. The standard InChI is InChI=1S/C12H16N2O2/c1-9-6-13-4-2-11(9)12(16)14-5-3-10(7-14)8-15/h2,4,6,10,15H,3,5,7-8H2,1H3/t10-/m0/s1. The van der Waals surface area contributed by atoms with Crippen LogP contribution in [0.1, 0.15) is 22.3 Å². The van der Waals surface area contributed by atoms with Gasteiger partial charge in [-0.25, -0.2) is 0 Å². The quantitative estimate of drug-likeness (QED) is 0.803. The summed E-state index contributed by atoms with van der Waals surface area (Å²) in [6.45, 7) is 3.46. The Bertz CT molecular complexity index is 392. The maximum atomic E-state index is 12.1. The van der Waals surface area contributed by atoms with E-state index >= 15 is 0 Å². The van der Waals surface area contributed by atoms with Crippen LogP contribution in [-0.4, -0.2) is 40.6 Å². The van der Waals surface area contributed by atoms with E-state index in [4.69, 9.17) is 5.11 Å². The minimum atomic E-state index is 0.0517. The Morgan fingerprint density at radius 3 is 3.12 bits per heavy atom. The van der Waals surface area contributed by atoms with Crippen molar-refractivity contribution in [2.24, 2.45) is 5.92 Å². The van der Waals surface area contributed by atoms with E-state index in [9.17, 15) is 4.79 Å². The van der Waals surface area contributed by atoms with Crippen molar-refractivity contribution in [2.75, 3.05) is 19.7 Å². The SMILES string of the molecule is Cc1cnccc1C(=O)N1CC[C@H](CO)C1. The molecule has 0 radical (unpaired) electrons. The molecule has 0 spiro atoms. The van der Waals surface area contributed by atoms with Crippen molar-refractivity contribution < 1.29 is 9.90 Å². The number of rotatable bonds is 2. The first-order valence-electron chi connectivity index (χ1n) is 5.53. The first kappa shape index (κ1) is 11.1. The highest BCUT2D eigenvalue weighted by molar-refractivity contribution is 5.95. The van der Waals surface area contributed by atoms with Crippen LogP contribution in [0.3, 0.4) is 0 Å². The van der Waals surface area contributed by atoms with Crippen LogP contribution in [0.2, 0.25) is 0 Å². The highest BCUT2D eigenvalue weighted by Gasteiger charge is 2.26. The van der Waals surface area contributed by atoms with Crippen LogP contribution in [0.4, 0.5) is 0 Å². The molecule has 1 aromatic heterocycles. The summed E-state index contributed by atoms with van der Waals surface area (Å²) in [6, 6.07) is 1.75. The van der Waals surface area contributed by atoms with E-state index in [1.54, 1.807) is 18.5 Å². The van der Waals surface area contributed by atoms with E-state index in [1.165, 1.54) is 0 Å². The van der Waals surface area contributed by atoms with Crippen LogP contribution < -0.4 is 0 Å². The van der Waals surface area contributed by atoms with E-state index in [0.717, 1.165) is 18.5 Å². The van der Waals surface area contributed by atoms with E-state index in [2.05, 4.69) is 4.98 Å². The molecule has 16 heavy (non-hydrogen) atoms. The summed E-state index contributed by atoms with van der Waals surface area (Å²) < 4.78 is 0. The van der Waals surface area contributed by atoms with Crippen LogP contribution >= 0.6 is 0 Å². The Labute approximate surface area is 94.9 Å². The molecule has 2 heterocycles. The average molecular weight is 220 g/mol. The molecule has 1 aliphatic rings. The Balaban J connectivity index is 2.12. The molecule has 86 valence electrons. The molecule has 1 atom stereocenters. The molecule has 1 saturated heterocycles. The second-order valence-electron chi connectivity index (χ2n) is 4.28. The van der Waals surface area contributed by atoms with Gasteiger partial charge in [0.15, 0.2) is 0 Å². The second-order valence-corrected chi connectivity index (χ2v) is 4.28. The number of amides is 1. The fraction of sp³-hybridized carbons (Fsp3) is 0.500. The molecule has 4 nitrogen and oxygen atoms in total. The largest absolute Gasteiger partial charge is 0.396 e. The minimum absolute atomic E-state index is 0.0517. The lowest BCUT2D eigenvalue weighted by molar-refractivity contribution is 0.0781. The maximum Gasteiger partial charge on any atom is 0.254 e. The Hall–Kier alpha value is -1.42. The fourth-order valence-electron chi connectivity index (χ4n) is 2.05. The first-order chi connectivity index (χ1) is 7.72. The van der Waals surface area contributed by atoms with E-state index in [-0.39, 0.29) is 18.4 Å². The highest BCUT2D eigenvalue weighted by atomic mass is 16.3. The second kappa shape index (κ2) is 4.61. The van der Waals surface area contributed by atoms with Crippen LogP contribution in [0, 0.1) is 12.8 Å². The van der Waals surface area contributed by atoms with Gasteiger partial charge >= 0.3 is 0 Å². The zero-order valence-electron chi connectivity index (χ0n) is 9.39. The molecule has 2 rings (SSSR count). The lowest BCUT2D eigenvalue weighted by Gasteiger charge is -2.17. The smallest absolute Gasteiger partial charge is 0.254 e. The average Bonchev–Trinajstić information content (AvgIpc) is 2.77. The molecule has 0 saturated carbocycles. The van der Waals surface area contributed by atoms with Crippen molar-refractivity contribution in [3.63, 3.8) is 0 Å². The summed E-state index contributed by atoms with van der Waals surface area (Å²) >= 11 is 0. The zero-order chi connectivity index (χ0) is 11.5. The van der Waals surface area contributed by atoms with Crippen molar-refractivity contribution in [1.82, 2.24) is 9.88 Å². The molecule has 1 aromatic rings. The summed E-state index contributed by atoms with van der Waals surface area (Å²) in [5.74, 6) is 0.293. The van der Waals surface area contributed by atoms with Crippen molar-refractivity contribution in [2.45, 2.75) is 13.3 Å². The third kappa shape index (κ3) is 2.07. The van der Waals surface area contributed by atoms with Crippen LogP contribution in [0.15, 0.2) is 18.5 Å². The van der Waals surface area contributed by atoms with E-state index in [1.807, 2.05) is 11.8 Å². The molecular formula is C12H16N2O2. The molecule has 0 aliphatic carbocycles. The van der Waals surface area contributed by atoms with Crippen LogP contribution in [0.5, 0.6) is 0 Å². The topological polar surface area (TPSA) is 53.4 Å². The predicted molar refractivity (Wildman–Crippen MR) is 60.1 cm³/mol. The molecule has 0 bridgehead atoms. The van der Waals surface area contributed by atoms with Crippen molar-refractivity contribution in [3.05, 3.63) is 29.6 Å². The molecule has 1 aliphatic heterocycles. The lowest BCUT2D eigenvalue weighted by Crippen LogP contribution is -2.29. The van der Waals surface area contributed by atoms with Gasteiger partial charge < -0.3 is 10.0 Å². The molecule has 0 aromatic carbocycles. The van der Waals surface area contributed by atoms with Gasteiger partial charge in [-0.15, -0.1) is 0 Å². The Morgan fingerprint density at radius 2 is 2.50 bits per heavy atom. The van der Waals surface area contributed by atoms with Gasteiger partial charge in [-0.2, -0.15) is 0 Å². The maximum absolute atomic E-state index is 12.1. The number of likely N-dealkylation sites (tertiary alicyclic amines) is 1. The molecule has 1 N–H and O–H groups in total. The van der Waals surface area contributed by atoms with Crippen molar-refractivity contribution >= 4 is 5.91 Å². The number of aryl methyl sites for hydroxylation is 1. The van der Waals surface area contributed by atoms with Gasteiger partial charge in [0.1, 0.15) is 0 Å². The summed E-state index contributed by atoms with van der Waals surface area (Å²) in [7, 11) is 0. The number of carbonyl (C=O) groups is 1. The zero-order valence-corrected chi connectivity index (χ0v) is 9.39. The number of aliphatic hydroxyl groups excluding tert-OH is 1. The van der Waals surface area contributed by atoms with Gasteiger partial charge in [0.05, 0.1) is 0 Å². The summed E-state index contributed by atoms with van der Waals surface area (Å²) in [4.78, 5) is 17.9. The van der Waals surface area contributed by atoms with E-state index in [0.29, 0.717) is 12.1 Å². The van der Waals surface area contributed by atoms with Crippen LogP contribution in [0.25, 0.3) is 0 Å². The van der Waals surface area contributed by atoms with Crippen molar-refractivity contribution in [3.8, 4) is 0 Å². The molecule has 0 unspecified atom stereocenters. The van der Waals surface area contributed by atoms with E-state index < -0.39 is 0 Å². The Kier molecular flexibility index (Phi) is 3.19. The first-order valence-corrected chi connectivity index (χ1v) is 5.53. The number of carbonyl (C=O) groups excluding carboxylic acids is 1.